The molecule has 0 saturated carbocycles. The molecule has 0 aromatic heterocycles. The normalized spacial score (nSPS) is 11.0. The quantitative estimate of drug-likeness (QED) is 0.645. The molecule has 0 saturated heterocycles. The second-order valence-corrected chi connectivity index (χ2v) is 5.11. The fourth-order valence-electron chi connectivity index (χ4n) is 1.20. The van der Waals surface area contributed by atoms with Crippen molar-refractivity contribution in [1.82, 2.24) is 4.90 Å². The Bertz CT molecular complexity index is 158. The summed E-state index contributed by atoms with van der Waals surface area (Å²) < 4.78 is 4.94. The van der Waals surface area contributed by atoms with Gasteiger partial charge < -0.3 is 14.4 Å². The van der Waals surface area contributed by atoms with Crippen LogP contribution in [0.2, 0.25) is 0 Å². The lowest BCUT2D eigenvalue weighted by atomic mass is 10.2. The van der Waals surface area contributed by atoms with E-state index < -0.39 is 0 Å². The number of carbonyl (C=O) groups is 1. The third-order valence-electron chi connectivity index (χ3n) is 2.26. The third-order valence-corrected chi connectivity index (χ3v) is 2.26. The molecule has 0 aliphatic heterocycles. The highest BCUT2D eigenvalue weighted by atomic mass is 16.5. The van der Waals surface area contributed by atoms with Crippen LogP contribution in [0, 0.1) is 0 Å². The number of hydrogen-bond donors (Lipinski definition) is 0. The molecule has 3 nitrogen and oxygen atoms in total. The van der Waals surface area contributed by atoms with Crippen LogP contribution in [0.3, 0.4) is 0 Å². The second kappa shape index (κ2) is 12.1. The Morgan fingerprint density at radius 2 is 1.47 bits per heavy atom. The molecule has 0 aromatic carbocycles. The Labute approximate surface area is 108 Å². The number of aldehydes is 1. The molecular formula is C14H31NO2. The van der Waals surface area contributed by atoms with Gasteiger partial charge in [-0.05, 0) is 46.7 Å². The van der Waals surface area contributed by atoms with Crippen LogP contribution < -0.4 is 0 Å². The molecule has 0 spiro atoms. The molecule has 0 bridgehead atoms. The molecule has 0 aliphatic rings. The van der Waals surface area contributed by atoms with Gasteiger partial charge in [0.05, 0.1) is 5.60 Å². The van der Waals surface area contributed by atoms with Gasteiger partial charge in [-0.25, -0.2) is 0 Å². The van der Waals surface area contributed by atoms with Gasteiger partial charge in [-0.1, -0.05) is 13.8 Å². The summed E-state index contributed by atoms with van der Waals surface area (Å²) >= 11 is 0. The predicted octanol–water partition coefficient (Wildman–Crippen LogP) is 3.13. The molecule has 0 aliphatic carbocycles. The van der Waals surface area contributed by atoms with Crippen molar-refractivity contribution in [2.24, 2.45) is 0 Å². The van der Waals surface area contributed by atoms with Crippen LogP contribution in [0.25, 0.3) is 0 Å². The molecular weight excluding hydrogens is 214 g/mol. The van der Waals surface area contributed by atoms with Crippen LogP contribution in [-0.4, -0.2) is 43.5 Å². The fraction of sp³-hybridized carbons (Fsp3) is 0.929. The van der Waals surface area contributed by atoms with Crippen molar-refractivity contribution in [3.05, 3.63) is 0 Å². The SMILES string of the molecule is CCCN(CCC)CCC=O.COC(C)(C)C. The van der Waals surface area contributed by atoms with Gasteiger partial charge in [0.1, 0.15) is 6.29 Å². The molecule has 0 radical (unpaired) electrons. The van der Waals surface area contributed by atoms with Crippen LogP contribution in [-0.2, 0) is 9.53 Å². The van der Waals surface area contributed by atoms with Crippen molar-refractivity contribution in [3.8, 4) is 0 Å². The smallest absolute Gasteiger partial charge is 0.121 e. The lowest BCUT2D eigenvalue weighted by Gasteiger charge is -2.19. The van der Waals surface area contributed by atoms with Crippen molar-refractivity contribution in [3.63, 3.8) is 0 Å². The average molecular weight is 245 g/mol. The average Bonchev–Trinajstić information content (AvgIpc) is 2.26. The molecule has 0 amide bonds. The van der Waals surface area contributed by atoms with E-state index in [9.17, 15) is 4.79 Å². The van der Waals surface area contributed by atoms with Crippen LogP contribution >= 0.6 is 0 Å². The molecule has 17 heavy (non-hydrogen) atoms. The summed E-state index contributed by atoms with van der Waals surface area (Å²) in [4.78, 5) is 12.4. The van der Waals surface area contributed by atoms with Crippen molar-refractivity contribution in [2.75, 3.05) is 26.7 Å². The first-order chi connectivity index (χ1) is 7.91. The topological polar surface area (TPSA) is 29.5 Å². The minimum atomic E-state index is 0.0417. The maximum atomic E-state index is 10.1. The molecule has 0 unspecified atom stereocenters. The van der Waals surface area contributed by atoms with E-state index in [1.54, 1.807) is 7.11 Å². The van der Waals surface area contributed by atoms with Gasteiger partial charge in [0.15, 0.2) is 0 Å². The number of nitrogens with zero attached hydrogens (tertiary/aromatic N) is 1. The van der Waals surface area contributed by atoms with Gasteiger partial charge in [-0.2, -0.15) is 0 Å². The molecule has 0 aromatic rings. The first kappa shape index (κ1) is 18.9. The maximum Gasteiger partial charge on any atom is 0.121 e. The Balaban J connectivity index is 0. The van der Waals surface area contributed by atoms with E-state index in [1.165, 1.54) is 12.8 Å². The highest BCUT2D eigenvalue weighted by Gasteiger charge is 2.04. The Kier molecular flexibility index (Phi) is 13.4. The predicted molar refractivity (Wildman–Crippen MR) is 74.5 cm³/mol. The zero-order valence-electron chi connectivity index (χ0n) is 12.6. The van der Waals surface area contributed by atoms with Crippen LogP contribution in [0.4, 0.5) is 0 Å². The molecule has 104 valence electrons. The van der Waals surface area contributed by atoms with E-state index in [1.807, 2.05) is 20.8 Å². The maximum absolute atomic E-state index is 10.1. The molecule has 0 fully saturated rings. The van der Waals surface area contributed by atoms with E-state index in [0.29, 0.717) is 6.42 Å². The lowest BCUT2D eigenvalue weighted by molar-refractivity contribution is -0.108. The summed E-state index contributed by atoms with van der Waals surface area (Å²) in [6.07, 6.45) is 4.04. The van der Waals surface area contributed by atoms with Gasteiger partial charge in [0.25, 0.3) is 0 Å². The summed E-state index contributed by atoms with van der Waals surface area (Å²) in [5.41, 5.74) is 0.0417. The van der Waals surface area contributed by atoms with Gasteiger partial charge in [0.2, 0.25) is 0 Å². The summed E-state index contributed by atoms with van der Waals surface area (Å²) in [5, 5.41) is 0. The van der Waals surface area contributed by atoms with Gasteiger partial charge in [0, 0.05) is 20.1 Å². The third kappa shape index (κ3) is 18.2. The van der Waals surface area contributed by atoms with Gasteiger partial charge in [-0.3, -0.25) is 0 Å². The summed E-state index contributed by atoms with van der Waals surface area (Å²) in [5.74, 6) is 0. The summed E-state index contributed by atoms with van der Waals surface area (Å²) in [6.45, 7) is 13.6. The second-order valence-electron chi connectivity index (χ2n) is 5.11. The molecule has 0 rings (SSSR count). The molecule has 0 atom stereocenters. The van der Waals surface area contributed by atoms with Crippen molar-refractivity contribution in [2.45, 2.75) is 59.5 Å². The van der Waals surface area contributed by atoms with E-state index in [2.05, 4.69) is 18.7 Å². The largest absolute Gasteiger partial charge is 0.379 e. The number of carbonyl (C=O) groups excluding carboxylic acids is 1. The lowest BCUT2D eigenvalue weighted by Crippen LogP contribution is -2.26. The number of hydrogen-bond acceptors (Lipinski definition) is 3. The zero-order chi connectivity index (χ0) is 13.7. The van der Waals surface area contributed by atoms with Crippen LogP contribution in [0.5, 0.6) is 0 Å². The number of methoxy groups -OCH3 is 1. The van der Waals surface area contributed by atoms with Crippen molar-refractivity contribution in [1.29, 1.82) is 0 Å². The first-order valence-corrected chi connectivity index (χ1v) is 6.62. The van der Waals surface area contributed by atoms with Crippen LogP contribution in [0.1, 0.15) is 53.9 Å². The monoisotopic (exact) mass is 245 g/mol. The zero-order valence-corrected chi connectivity index (χ0v) is 12.6. The summed E-state index contributed by atoms with van der Waals surface area (Å²) in [7, 11) is 1.71. The van der Waals surface area contributed by atoms with Crippen LogP contribution in [0.15, 0.2) is 0 Å². The highest BCUT2D eigenvalue weighted by Crippen LogP contribution is 2.02. The molecule has 0 heterocycles. The van der Waals surface area contributed by atoms with E-state index in [4.69, 9.17) is 4.74 Å². The highest BCUT2D eigenvalue weighted by molar-refractivity contribution is 5.49. The van der Waals surface area contributed by atoms with Crippen molar-refractivity contribution >= 4 is 6.29 Å². The minimum absolute atomic E-state index is 0.0417. The molecule has 0 N–H and O–H groups in total. The summed E-state index contributed by atoms with van der Waals surface area (Å²) in [6, 6.07) is 0. The van der Waals surface area contributed by atoms with E-state index >= 15 is 0 Å². The Morgan fingerprint density at radius 1 is 1.06 bits per heavy atom. The number of ether oxygens (including phenoxy) is 1. The Hall–Kier alpha value is -0.410. The minimum Gasteiger partial charge on any atom is -0.379 e. The first-order valence-electron chi connectivity index (χ1n) is 6.62. The van der Waals surface area contributed by atoms with Crippen molar-refractivity contribution < 1.29 is 9.53 Å². The fourth-order valence-corrected chi connectivity index (χ4v) is 1.20. The standard InChI is InChI=1S/C9H19NO.C5H12O/c1-3-6-10(7-4-2)8-5-9-11;1-5(2,3)6-4/h9H,3-8H2,1-2H3;1-4H3. The van der Waals surface area contributed by atoms with E-state index in [-0.39, 0.29) is 5.60 Å². The number of rotatable bonds is 7. The van der Waals surface area contributed by atoms with Gasteiger partial charge >= 0.3 is 0 Å². The molecule has 3 heteroatoms. The van der Waals surface area contributed by atoms with Gasteiger partial charge in [-0.15, -0.1) is 0 Å². The van der Waals surface area contributed by atoms with E-state index in [0.717, 1.165) is 25.9 Å². The Morgan fingerprint density at radius 3 is 1.71 bits per heavy atom.